The molecule has 2 aromatic carbocycles. The van der Waals surface area contributed by atoms with Crippen LogP contribution in [0.2, 0.25) is 0 Å². The van der Waals surface area contributed by atoms with E-state index in [-0.39, 0.29) is 86.5 Å². The second kappa shape index (κ2) is 17.8. The third-order valence-corrected chi connectivity index (χ3v) is 12.5. The van der Waals surface area contributed by atoms with Crippen LogP contribution in [0.15, 0.2) is 57.5 Å². The Morgan fingerprint density at radius 1 is 1.02 bits per heavy atom. The summed E-state index contributed by atoms with van der Waals surface area (Å²) < 4.78 is 42.4. The molecule has 2 aromatic rings. The number of carbonyl (C=O) groups is 4. The number of aromatic hydroxyl groups is 2. The molecule has 9 atom stereocenters. The highest BCUT2D eigenvalue weighted by Gasteiger charge is 2.51. The molecule has 6 aliphatic rings. The minimum Gasteiger partial charge on any atom is -0.507 e. The van der Waals surface area contributed by atoms with E-state index >= 15 is 0 Å². The molecule has 0 aromatic heterocycles. The fourth-order valence-electron chi connectivity index (χ4n) is 8.58. The fraction of sp³-hybridized carbons (Fsp3) is 0.447. The normalized spacial score (nSPS) is 28.8. The molecule has 0 saturated carbocycles. The fourth-order valence-corrected chi connectivity index (χ4v) is 8.58. The van der Waals surface area contributed by atoms with Gasteiger partial charge in [0.2, 0.25) is 11.3 Å². The van der Waals surface area contributed by atoms with Crippen molar-refractivity contribution in [1.82, 2.24) is 9.88 Å². The third-order valence-electron chi connectivity index (χ3n) is 12.5. The Bertz CT molecular complexity index is 2720. The highest BCUT2D eigenvalue weighted by Crippen LogP contribution is 2.51. The average molecular weight is 900 g/mol. The molecule has 346 valence electrons. The van der Waals surface area contributed by atoms with E-state index < -0.39 is 88.4 Å². The van der Waals surface area contributed by atoms with Crippen molar-refractivity contribution in [2.45, 2.75) is 91.7 Å². The van der Waals surface area contributed by atoms with Crippen molar-refractivity contribution in [3.05, 3.63) is 69.6 Å². The summed E-state index contributed by atoms with van der Waals surface area (Å²) >= 11 is 0. The summed E-state index contributed by atoms with van der Waals surface area (Å²) in [5, 5.41) is 36.6. The number of aliphatic hydroxyl groups is 1. The van der Waals surface area contributed by atoms with Crippen molar-refractivity contribution in [2.75, 3.05) is 32.6 Å². The average Bonchev–Trinajstić information content (AvgIpc) is 3.70. The number of aliphatic hydroxyl groups excluding tert-OH is 1. The number of hydrogen-bond acceptors (Lipinski definition) is 16. The Morgan fingerprint density at radius 3 is 2.42 bits per heavy atom. The van der Waals surface area contributed by atoms with E-state index in [2.05, 4.69) is 5.32 Å². The second-order valence-corrected chi connectivity index (χ2v) is 17.0. The number of aromatic nitrogens is 1. The van der Waals surface area contributed by atoms with Gasteiger partial charge in [-0.1, -0.05) is 39.0 Å². The van der Waals surface area contributed by atoms with Crippen LogP contribution >= 0.6 is 0 Å². The largest absolute Gasteiger partial charge is 0.507 e. The Kier molecular flexibility index (Phi) is 12.7. The van der Waals surface area contributed by atoms with E-state index in [4.69, 9.17) is 37.8 Å². The topological polar surface area (TPSA) is 243 Å². The Hall–Kier alpha value is -6.50. The molecular weight excluding hydrogens is 847 g/mol. The maximum Gasteiger partial charge on any atom is 0.312 e. The zero-order valence-electron chi connectivity index (χ0n) is 37.7. The summed E-state index contributed by atoms with van der Waals surface area (Å²) in [4.78, 5) is 73.8. The summed E-state index contributed by atoms with van der Waals surface area (Å²) in [6, 6.07) is 2.69. The number of methoxy groups -OCH3 is 1. The van der Waals surface area contributed by atoms with Crippen molar-refractivity contribution < 1.29 is 67.3 Å². The number of amides is 2. The number of rotatable bonds is 6. The lowest BCUT2D eigenvalue weighted by Gasteiger charge is -2.33. The molecule has 65 heavy (non-hydrogen) atoms. The van der Waals surface area contributed by atoms with Gasteiger partial charge in [-0.3, -0.25) is 24.0 Å². The van der Waals surface area contributed by atoms with Crippen LogP contribution in [0.4, 0.5) is 5.69 Å². The maximum atomic E-state index is 14.7. The van der Waals surface area contributed by atoms with Crippen molar-refractivity contribution in [1.29, 1.82) is 0 Å². The van der Waals surface area contributed by atoms with Gasteiger partial charge in [0.05, 0.1) is 42.1 Å². The van der Waals surface area contributed by atoms with Crippen LogP contribution < -0.4 is 20.2 Å². The second-order valence-electron chi connectivity index (χ2n) is 17.0. The van der Waals surface area contributed by atoms with Gasteiger partial charge < -0.3 is 58.4 Å². The van der Waals surface area contributed by atoms with Gasteiger partial charge in [-0.2, -0.15) is 0 Å². The number of anilines is 1. The predicted molar refractivity (Wildman–Crippen MR) is 235 cm³/mol. The van der Waals surface area contributed by atoms with Gasteiger partial charge in [-0.05, 0) is 19.9 Å². The molecule has 1 saturated heterocycles. The molecule has 0 radical (unpaired) electrons. The molecule has 0 unspecified atom stereocenters. The molecule has 2 amide bonds. The monoisotopic (exact) mass is 899 g/mol. The van der Waals surface area contributed by atoms with Crippen LogP contribution in [0.3, 0.4) is 0 Å². The number of Topliss-reactive ketones (excluding diaryl/α,β-unsaturated/α-hetero) is 1. The lowest BCUT2D eigenvalue weighted by Crippen LogP contribution is -2.46. The Morgan fingerprint density at radius 2 is 1.74 bits per heavy atom. The Balaban J connectivity index is 1.43. The zero-order valence-corrected chi connectivity index (χ0v) is 37.7. The van der Waals surface area contributed by atoms with E-state index in [9.17, 15) is 39.3 Å². The van der Waals surface area contributed by atoms with Gasteiger partial charge >= 0.3 is 11.8 Å². The lowest BCUT2D eigenvalue weighted by atomic mass is 9.86. The molecule has 1 aliphatic carbocycles. The summed E-state index contributed by atoms with van der Waals surface area (Å²) in [5.74, 6) is -7.07. The Labute approximate surface area is 373 Å². The van der Waals surface area contributed by atoms with Crippen molar-refractivity contribution in [3.63, 3.8) is 0 Å². The number of esters is 1. The zero-order chi connectivity index (χ0) is 47.4. The lowest BCUT2D eigenvalue weighted by molar-refractivity contribution is -0.168. The van der Waals surface area contributed by atoms with Gasteiger partial charge in [0.15, 0.2) is 11.3 Å². The molecule has 4 N–H and O–H groups in total. The van der Waals surface area contributed by atoms with E-state index in [0.29, 0.717) is 0 Å². The first-order chi connectivity index (χ1) is 30.7. The number of benzene rings is 3. The van der Waals surface area contributed by atoms with Crippen molar-refractivity contribution in [2.24, 2.45) is 17.8 Å². The summed E-state index contributed by atoms with van der Waals surface area (Å²) in [7, 11) is 3.03. The number of nitrogens with zero attached hydrogens (tertiary/aromatic N) is 2. The van der Waals surface area contributed by atoms with Crippen LogP contribution in [-0.2, 0) is 33.3 Å². The van der Waals surface area contributed by atoms with Crippen LogP contribution in [0.25, 0.3) is 33.3 Å². The van der Waals surface area contributed by atoms with Crippen LogP contribution in [-0.4, -0.2) is 112 Å². The molecule has 1 fully saturated rings. The molecule has 8 rings (SSSR count). The first-order valence-electron chi connectivity index (χ1n) is 21.1. The number of likely N-dealkylation sites (N-methyl/N-ethyl adjacent to an activating group) is 1. The SMILES string of the molecule is CO[C@H]1/C=C/O[C@@]2(C)Oc3c(C)c(O)c4c(=O)c(c5oc6cc(OCCN(C)C(C)=O)cc(O)c6nc-5c4c3C2=O)NC(=O)/C(C)=C\C=C\[C@H](C)[C@@H]2O[C@H]([C@H](O)[C@@H]2C)[C@H](OC(C)=O)[C@@H]1C. The molecule has 18 nitrogen and oxygen atoms in total. The first-order valence-corrected chi connectivity index (χ1v) is 21.1. The number of nitrogens with one attached hydrogen (secondary N) is 1. The van der Waals surface area contributed by atoms with Gasteiger partial charge in [0.25, 0.3) is 11.7 Å². The van der Waals surface area contributed by atoms with Gasteiger partial charge in [-0.25, -0.2) is 4.98 Å². The predicted octanol–water partition coefficient (Wildman–Crippen LogP) is 5.28. The first kappa shape index (κ1) is 46.5. The van der Waals surface area contributed by atoms with Crippen LogP contribution in [0.5, 0.6) is 23.0 Å². The summed E-state index contributed by atoms with van der Waals surface area (Å²) in [6.07, 6.45) is 3.24. The molecule has 5 heterocycles. The van der Waals surface area contributed by atoms with Gasteiger partial charge in [0.1, 0.15) is 58.7 Å². The van der Waals surface area contributed by atoms with Crippen LogP contribution in [0.1, 0.15) is 64.4 Å². The minimum atomic E-state index is -2.10. The van der Waals surface area contributed by atoms with Crippen molar-refractivity contribution in [3.8, 4) is 34.5 Å². The third kappa shape index (κ3) is 8.37. The molecule has 18 heteroatoms. The molecule has 5 aliphatic heterocycles. The standard InChI is InChI=1S/C47H53N3O15/c1-20-12-11-13-21(2)46(58)49-36-39(56)32-31(35-43(36)63-30-19-27(18-28(53)34(30)48-35)60-17-15-50(9)25(6)51)33-41(23(4)37(32)54)65-47(8,45(33)57)61-16-14-29(59-10)22(3)42(62-26(7)52)44-38(55)24(5)40(20)64-44/h11-14,16,18-20,22,24,29,38,40,42,44,53-55H,15,17H2,1-10H3,(H,49,58)/b12-11+,16-14+,21-13-/t20-,22+,24-,29-,38+,40-,42+,44+,47-/m0/s1. The number of phenols is 2. The minimum absolute atomic E-state index is 0.00345. The van der Waals surface area contributed by atoms with Crippen molar-refractivity contribution >= 4 is 51.1 Å². The highest BCUT2D eigenvalue weighted by atomic mass is 16.7. The van der Waals surface area contributed by atoms with E-state index in [1.807, 2.05) is 13.8 Å². The number of allylic oxidation sites excluding steroid dienone is 2. The summed E-state index contributed by atoms with van der Waals surface area (Å²) in [5.41, 5.74) is -1.79. The van der Waals surface area contributed by atoms with Crippen LogP contribution in [0, 0.1) is 24.7 Å². The smallest absolute Gasteiger partial charge is 0.312 e. The van der Waals surface area contributed by atoms with E-state index in [0.717, 1.165) is 0 Å². The maximum absolute atomic E-state index is 14.7. The highest BCUT2D eigenvalue weighted by molar-refractivity contribution is 6.22. The molecule has 0 spiro atoms. The van der Waals surface area contributed by atoms with E-state index in [1.165, 1.54) is 77.2 Å². The summed E-state index contributed by atoms with van der Waals surface area (Å²) in [6.45, 7) is 12.7. The van der Waals surface area contributed by atoms with E-state index in [1.54, 1.807) is 26.1 Å². The van der Waals surface area contributed by atoms with Gasteiger partial charge in [-0.15, -0.1) is 0 Å². The number of fused-ring (bicyclic) bond motifs is 9. The molecule has 7 bridgehead atoms. The number of phenolic OH excluding ortho intramolecular Hbond substituents is 2. The van der Waals surface area contributed by atoms with Gasteiger partial charge in [0, 0.05) is 81.3 Å². The number of ketones is 1. The number of ether oxygens (including phenoxy) is 6. The molecular formula is C47H53N3O15. The number of carbonyl (C=O) groups excluding carboxylic acids is 4. The number of hydrogen-bond donors (Lipinski definition) is 4. The quantitative estimate of drug-likeness (QED) is 0.109.